The van der Waals surface area contributed by atoms with Crippen LogP contribution >= 0.6 is 12.4 Å². The van der Waals surface area contributed by atoms with Gasteiger partial charge in [-0.05, 0) is 74.4 Å². The summed E-state index contributed by atoms with van der Waals surface area (Å²) in [5.74, 6) is -0.250. The molecule has 5 heteroatoms. The lowest BCUT2D eigenvalue weighted by atomic mass is 9.81. The molecule has 0 radical (unpaired) electrons. The highest BCUT2D eigenvalue weighted by Gasteiger charge is 2.41. The Morgan fingerprint density at radius 3 is 2.56 bits per heavy atom. The number of nitrogens with zero attached hydrogens (tertiary/aromatic N) is 2. The molecular weight excluding hydrogens is 339 g/mol. The number of benzene rings is 2. The summed E-state index contributed by atoms with van der Waals surface area (Å²) in [6.45, 7) is 1.43. The summed E-state index contributed by atoms with van der Waals surface area (Å²) in [6.07, 6.45) is 1.78. The molecule has 1 atom stereocenters. The molecule has 1 aliphatic heterocycles. The lowest BCUT2D eigenvalue weighted by Gasteiger charge is -2.31. The van der Waals surface area contributed by atoms with Crippen molar-refractivity contribution in [3.8, 4) is 6.07 Å². The van der Waals surface area contributed by atoms with Crippen LogP contribution in [0.25, 0.3) is 0 Å². The summed E-state index contributed by atoms with van der Waals surface area (Å²) < 4.78 is 19.6. The van der Waals surface area contributed by atoms with E-state index in [4.69, 9.17) is 10.00 Å². The largest absolute Gasteiger partial charge is 0.361 e. The van der Waals surface area contributed by atoms with Gasteiger partial charge in [0, 0.05) is 0 Å². The fourth-order valence-electron chi connectivity index (χ4n) is 3.41. The first-order valence-electron chi connectivity index (χ1n) is 8.13. The summed E-state index contributed by atoms with van der Waals surface area (Å²) in [6, 6.07) is 14.5. The predicted octanol–water partition coefficient (Wildman–Crippen LogP) is 4.23. The molecule has 0 bridgehead atoms. The van der Waals surface area contributed by atoms with Crippen LogP contribution < -0.4 is 0 Å². The first-order valence-corrected chi connectivity index (χ1v) is 8.13. The van der Waals surface area contributed by atoms with Crippen molar-refractivity contribution >= 4 is 12.4 Å². The van der Waals surface area contributed by atoms with E-state index in [0.29, 0.717) is 12.2 Å². The van der Waals surface area contributed by atoms with Crippen molar-refractivity contribution in [3.63, 3.8) is 0 Å². The van der Waals surface area contributed by atoms with Crippen molar-refractivity contribution in [2.45, 2.75) is 25.0 Å². The molecular formula is C20H22ClFN2O. The second-order valence-electron chi connectivity index (χ2n) is 6.51. The van der Waals surface area contributed by atoms with E-state index in [1.165, 1.54) is 12.1 Å². The molecule has 0 spiro atoms. The molecule has 0 fully saturated rings. The van der Waals surface area contributed by atoms with Crippen LogP contribution in [0.4, 0.5) is 4.39 Å². The van der Waals surface area contributed by atoms with E-state index in [9.17, 15) is 4.39 Å². The highest BCUT2D eigenvalue weighted by atomic mass is 35.5. The quantitative estimate of drug-likeness (QED) is 0.800. The van der Waals surface area contributed by atoms with Crippen LogP contribution in [0.5, 0.6) is 0 Å². The Labute approximate surface area is 154 Å². The molecule has 1 aliphatic rings. The Morgan fingerprint density at radius 2 is 1.92 bits per heavy atom. The fourth-order valence-corrected chi connectivity index (χ4v) is 3.41. The van der Waals surface area contributed by atoms with Gasteiger partial charge in [0.05, 0.1) is 18.2 Å². The average molecular weight is 361 g/mol. The molecule has 0 saturated carbocycles. The maximum atomic E-state index is 13.4. The van der Waals surface area contributed by atoms with E-state index in [1.54, 1.807) is 12.1 Å². The topological polar surface area (TPSA) is 36.3 Å². The molecule has 0 saturated heterocycles. The minimum Gasteiger partial charge on any atom is -0.361 e. The summed E-state index contributed by atoms with van der Waals surface area (Å²) in [5, 5.41) is 9.11. The van der Waals surface area contributed by atoms with Gasteiger partial charge in [-0.15, -0.1) is 12.4 Å². The van der Waals surface area contributed by atoms with Crippen LogP contribution in [0, 0.1) is 17.1 Å². The van der Waals surface area contributed by atoms with Gasteiger partial charge in [0.25, 0.3) is 0 Å². The molecule has 0 amide bonds. The monoisotopic (exact) mass is 360 g/mol. The SMILES string of the molecule is CN(C)CCC[C@]1(c2ccc(F)cc2)OCc2cc(C#N)ccc21.Cl. The third-order valence-electron chi connectivity index (χ3n) is 4.59. The summed E-state index contributed by atoms with van der Waals surface area (Å²) in [5.41, 5.74) is 3.18. The van der Waals surface area contributed by atoms with Crippen molar-refractivity contribution in [3.05, 3.63) is 70.5 Å². The number of rotatable bonds is 5. The van der Waals surface area contributed by atoms with Crippen molar-refractivity contribution in [1.29, 1.82) is 5.26 Å². The van der Waals surface area contributed by atoms with Gasteiger partial charge in [0.2, 0.25) is 0 Å². The Bertz CT molecular complexity index is 770. The summed E-state index contributed by atoms with van der Waals surface area (Å²) in [7, 11) is 4.10. The van der Waals surface area contributed by atoms with Crippen molar-refractivity contribution < 1.29 is 9.13 Å². The first kappa shape index (κ1) is 19.4. The van der Waals surface area contributed by atoms with Crippen LogP contribution in [0.15, 0.2) is 42.5 Å². The van der Waals surface area contributed by atoms with E-state index in [1.807, 2.05) is 32.3 Å². The van der Waals surface area contributed by atoms with Gasteiger partial charge in [-0.3, -0.25) is 0 Å². The van der Waals surface area contributed by atoms with Crippen LogP contribution in [0.3, 0.4) is 0 Å². The summed E-state index contributed by atoms with van der Waals surface area (Å²) in [4.78, 5) is 2.15. The molecule has 3 rings (SSSR count). The van der Waals surface area contributed by atoms with Gasteiger partial charge in [-0.1, -0.05) is 18.2 Å². The molecule has 25 heavy (non-hydrogen) atoms. The lowest BCUT2D eigenvalue weighted by molar-refractivity contribution is -0.0140. The third kappa shape index (κ3) is 3.85. The Kier molecular flexibility index (Phi) is 6.18. The molecule has 0 unspecified atom stereocenters. The molecule has 1 heterocycles. The Morgan fingerprint density at radius 1 is 1.20 bits per heavy atom. The van der Waals surface area contributed by atoms with Gasteiger partial charge < -0.3 is 9.64 Å². The van der Waals surface area contributed by atoms with Crippen LogP contribution in [-0.2, 0) is 16.9 Å². The third-order valence-corrected chi connectivity index (χ3v) is 4.59. The minimum absolute atomic E-state index is 0. The van der Waals surface area contributed by atoms with Crippen molar-refractivity contribution in [2.24, 2.45) is 0 Å². The second-order valence-corrected chi connectivity index (χ2v) is 6.51. The summed E-state index contributed by atoms with van der Waals surface area (Å²) >= 11 is 0. The van der Waals surface area contributed by atoms with Crippen molar-refractivity contribution in [1.82, 2.24) is 4.90 Å². The molecule has 0 aromatic heterocycles. The van der Waals surface area contributed by atoms with E-state index in [2.05, 4.69) is 11.0 Å². The standard InChI is InChI=1S/C20H21FN2O.ClH/c1-23(2)11-3-10-20(17-5-7-18(21)8-6-17)19-9-4-15(13-22)12-16(19)14-24-20;/h4-9,12H,3,10-11,14H2,1-2H3;1H/t20-;/m1./s1. The smallest absolute Gasteiger partial charge is 0.123 e. The lowest BCUT2D eigenvalue weighted by Crippen LogP contribution is -2.28. The van der Waals surface area contributed by atoms with Crippen LogP contribution in [0.1, 0.15) is 35.1 Å². The normalized spacial score (nSPS) is 18.5. The minimum atomic E-state index is -0.562. The highest BCUT2D eigenvalue weighted by molar-refractivity contribution is 5.85. The molecule has 0 aliphatic carbocycles. The average Bonchev–Trinajstić information content (AvgIpc) is 2.94. The van der Waals surface area contributed by atoms with E-state index >= 15 is 0 Å². The molecule has 132 valence electrons. The van der Waals surface area contributed by atoms with E-state index in [0.717, 1.165) is 36.1 Å². The van der Waals surface area contributed by atoms with Crippen molar-refractivity contribution in [2.75, 3.05) is 20.6 Å². The number of ether oxygens (including phenoxy) is 1. The first-order chi connectivity index (χ1) is 11.5. The fraction of sp³-hybridized carbons (Fsp3) is 0.350. The van der Waals surface area contributed by atoms with Gasteiger partial charge in [-0.25, -0.2) is 4.39 Å². The Hall–Kier alpha value is -1.93. The molecule has 3 nitrogen and oxygen atoms in total. The number of nitriles is 1. The second kappa shape index (κ2) is 7.97. The maximum absolute atomic E-state index is 13.4. The van der Waals surface area contributed by atoms with Gasteiger partial charge >= 0.3 is 0 Å². The zero-order chi connectivity index (χ0) is 17.2. The van der Waals surface area contributed by atoms with Crippen LogP contribution in [0.2, 0.25) is 0 Å². The Balaban J connectivity index is 0.00000225. The van der Waals surface area contributed by atoms with E-state index < -0.39 is 5.60 Å². The maximum Gasteiger partial charge on any atom is 0.123 e. The number of hydrogen-bond acceptors (Lipinski definition) is 3. The number of halogens is 2. The zero-order valence-electron chi connectivity index (χ0n) is 14.5. The van der Waals surface area contributed by atoms with Gasteiger partial charge in [0.1, 0.15) is 11.4 Å². The molecule has 0 N–H and O–H groups in total. The predicted molar refractivity (Wildman–Crippen MR) is 98.2 cm³/mol. The van der Waals surface area contributed by atoms with E-state index in [-0.39, 0.29) is 18.2 Å². The zero-order valence-corrected chi connectivity index (χ0v) is 15.3. The highest BCUT2D eigenvalue weighted by Crippen LogP contribution is 2.45. The van der Waals surface area contributed by atoms with Gasteiger partial charge in [-0.2, -0.15) is 5.26 Å². The molecule has 2 aromatic carbocycles. The number of hydrogen-bond donors (Lipinski definition) is 0. The molecule has 2 aromatic rings. The van der Waals surface area contributed by atoms with Gasteiger partial charge in [0.15, 0.2) is 0 Å². The van der Waals surface area contributed by atoms with Crippen LogP contribution in [-0.4, -0.2) is 25.5 Å². The number of fused-ring (bicyclic) bond motifs is 1.